The van der Waals surface area contributed by atoms with Crippen LogP contribution in [0.15, 0.2) is 36.5 Å². The van der Waals surface area contributed by atoms with Crippen molar-refractivity contribution in [1.29, 1.82) is 0 Å². The van der Waals surface area contributed by atoms with Crippen LogP contribution >= 0.6 is 0 Å². The summed E-state index contributed by atoms with van der Waals surface area (Å²) in [7, 11) is 0. The van der Waals surface area contributed by atoms with Gasteiger partial charge in [0.1, 0.15) is 5.82 Å². The highest BCUT2D eigenvalue weighted by atomic mass is 19.3. The molecule has 0 aliphatic carbocycles. The number of nitrogens with one attached hydrogen (secondary N) is 1. The van der Waals surface area contributed by atoms with Gasteiger partial charge in [-0.2, -0.15) is 0 Å². The quantitative estimate of drug-likeness (QED) is 0.697. The molecule has 1 amide bonds. The topological polar surface area (TPSA) is 54.5 Å². The Kier molecular flexibility index (Phi) is 7.02. The number of benzene rings is 1. The van der Waals surface area contributed by atoms with Crippen LogP contribution in [0.2, 0.25) is 0 Å². The summed E-state index contributed by atoms with van der Waals surface area (Å²) in [6.07, 6.45) is 0.0427. The van der Waals surface area contributed by atoms with E-state index in [-0.39, 0.29) is 20.2 Å². The maximum atomic E-state index is 14.1. The van der Waals surface area contributed by atoms with Crippen molar-refractivity contribution < 1.29 is 19.7 Å². The summed E-state index contributed by atoms with van der Waals surface area (Å²) >= 11 is 0. The highest BCUT2D eigenvalue weighted by molar-refractivity contribution is 5.98. The molecule has 1 N–H and O–H groups in total. The molecule has 2 aliphatic heterocycles. The van der Waals surface area contributed by atoms with E-state index in [1.807, 2.05) is 26.0 Å². The molecule has 0 atom stereocenters. The molecule has 7 heteroatoms. The van der Waals surface area contributed by atoms with Gasteiger partial charge in [-0.25, -0.2) is 13.8 Å². The lowest BCUT2D eigenvalue weighted by atomic mass is 9.74. The minimum Gasteiger partial charge on any atom is -0.381 e. The van der Waals surface area contributed by atoms with Gasteiger partial charge in [0, 0.05) is 32.8 Å². The third kappa shape index (κ3) is 4.03. The number of halogens is 2. The molecule has 0 saturated carbocycles. The predicted molar refractivity (Wildman–Crippen MR) is 117 cm³/mol. The highest BCUT2D eigenvalue weighted by Crippen LogP contribution is 2.44. The summed E-state index contributed by atoms with van der Waals surface area (Å²) in [6.45, 7) is 6.77. The Hall–Kier alpha value is -2.54. The number of hydrogen-bond acceptors (Lipinski definition) is 4. The Bertz CT molecular complexity index is 889. The number of ether oxygens (including phenoxy) is 1. The average molecular weight is 420 g/mol. The van der Waals surface area contributed by atoms with Crippen LogP contribution in [0.4, 0.5) is 26.0 Å². The Morgan fingerprint density at radius 2 is 2.03 bits per heavy atom. The van der Waals surface area contributed by atoms with Crippen molar-refractivity contribution >= 4 is 23.1 Å². The van der Waals surface area contributed by atoms with E-state index in [0.717, 1.165) is 5.56 Å². The second kappa shape index (κ2) is 9.51. The molecule has 0 bridgehead atoms. The molecule has 1 fully saturated rings. The SMILES string of the molecule is CC.CCC(=O)N1Cc2cccnc2Nc2ccc(C3(C(F)F)CCOCC3)cc21.[HH]. The largest absolute Gasteiger partial charge is 0.381 e. The van der Waals surface area contributed by atoms with Crippen LogP contribution < -0.4 is 10.2 Å². The summed E-state index contributed by atoms with van der Waals surface area (Å²) in [6, 6.07) is 9.01. The standard InChI is InChI=1S/C21H23F2N3O2.C2H6.H2/c1-2-18(27)26-13-14-4-3-9-24-19(14)25-16-6-5-15(12-17(16)26)21(20(22)23)7-10-28-11-8-21;1-2;/h3-6,9,12,20H,2,7-8,10-11,13H2,1H3,(H,24,25);1-2H3;1H. The number of carbonyl (C=O) groups is 1. The van der Waals surface area contributed by atoms with Crippen LogP contribution in [-0.4, -0.2) is 30.5 Å². The van der Waals surface area contributed by atoms with Crippen LogP contribution in [0, 0.1) is 0 Å². The Labute approximate surface area is 177 Å². The van der Waals surface area contributed by atoms with Gasteiger partial charge in [0.15, 0.2) is 0 Å². The van der Waals surface area contributed by atoms with Crippen molar-refractivity contribution in [2.45, 2.75) is 58.4 Å². The zero-order valence-electron chi connectivity index (χ0n) is 17.8. The van der Waals surface area contributed by atoms with Crippen molar-refractivity contribution in [2.75, 3.05) is 23.4 Å². The average Bonchev–Trinajstić information content (AvgIpc) is 2.96. The first kappa shape index (κ1) is 22.2. The van der Waals surface area contributed by atoms with Crippen molar-refractivity contribution in [3.63, 3.8) is 0 Å². The van der Waals surface area contributed by atoms with Crippen molar-refractivity contribution in [3.05, 3.63) is 47.7 Å². The number of nitrogens with zero attached hydrogens (tertiary/aromatic N) is 2. The molecular weight excluding hydrogens is 388 g/mol. The van der Waals surface area contributed by atoms with Gasteiger partial charge in [-0.3, -0.25) is 4.79 Å². The van der Waals surface area contributed by atoms with Gasteiger partial charge in [0.2, 0.25) is 12.3 Å². The molecule has 0 radical (unpaired) electrons. The Morgan fingerprint density at radius 1 is 1.30 bits per heavy atom. The zero-order valence-corrected chi connectivity index (χ0v) is 17.8. The number of alkyl halides is 2. The first-order valence-electron chi connectivity index (χ1n) is 10.6. The summed E-state index contributed by atoms with van der Waals surface area (Å²) < 4.78 is 33.6. The van der Waals surface area contributed by atoms with E-state index in [4.69, 9.17) is 4.74 Å². The van der Waals surface area contributed by atoms with Crippen LogP contribution in [0.25, 0.3) is 0 Å². The maximum Gasteiger partial charge on any atom is 0.248 e. The monoisotopic (exact) mass is 419 g/mol. The predicted octanol–water partition coefficient (Wildman–Crippen LogP) is 5.67. The molecule has 30 heavy (non-hydrogen) atoms. The molecule has 0 unspecified atom stereocenters. The van der Waals surface area contributed by atoms with Gasteiger partial charge >= 0.3 is 0 Å². The minimum atomic E-state index is -2.50. The Balaban J connectivity index is 0.00000111. The smallest absolute Gasteiger partial charge is 0.248 e. The van der Waals surface area contributed by atoms with Crippen LogP contribution in [0.3, 0.4) is 0 Å². The van der Waals surface area contributed by atoms with E-state index in [1.165, 1.54) is 0 Å². The number of rotatable bonds is 3. The van der Waals surface area contributed by atoms with Gasteiger partial charge in [0.05, 0.1) is 23.3 Å². The van der Waals surface area contributed by atoms with Crippen molar-refractivity contribution in [1.82, 2.24) is 4.98 Å². The first-order chi connectivity index (χ1) is 14.5. The second-order valence-electron chi connectivity index (χ2n) is 7.27. The number of hydrogen-bond donors (Lipinski definition) is 1. The summed E-state index contributed by atoms with van der Waals surface area (Å²) in [5, 5.41) is 3.27. The number of carbonyl (C=O) groups excluding carboxylic acids is 1. The van der Waals surface area contributed by atoms with E-state index in [1.54, 1.807) is 36.2 Å². The third-order valence-corrected chi connectivity index (χ3v) is 5.74. The number of anilines is 3. The molecule has 2 aromatic rings. The lowest BCUT2D eigenvalue weighted by Gasteiger charge is -2.37. The van der Waals surface area contributed by atoms with Gasteiger partial charge in [-0.15, -0.1) is 0 Å². The molecular formula is C23H31F2N3O2. The lowest BCUT2D eigenvalue weighted by molar-refractivity contribution is -0.118. The molecule has 4 rings (SSSR count). The molecule has 1 aromatic carbocycles. The molecule has 164 valence electrons. The van der Waals surface area contributed by atoms with Gasteiger partial charge < -0.3 is 15.0 Å². The summed E-state index contributed by atoms with van der Waals surface area (Å²) in [5.41, 5.74) is 1.51. The fraction of sp³-hybridized carbons (Fsp3) is 0.478. The van der Waals surface area contributed by atoms with Crippen molar-refractivity contribution in [3.8, 4) is 0 Å². The molecule has 0 spiro atoms. The van der Waals surface area contributed by atoms with Crippen LogP contribution in [-0.2, 0) is 21.5 Å². The molecule has 1 saturated heterocycles. The highest BCUT2D eigenvalue weighted by Gasteiger charge is 2.43. The Morgan fingerprint density at radius 3 is 2.70 bits per heavy atom. The van der Waals surface area contributed by atoms with Crippen LogP contribution in [0.1, 0.15) is 52.6 Å². The molecule has 5 nitrogen and oxygen atoms in total. The fourth-order valence-electron chi connectivity index (χ4n) is 4.01. The minimum absolute atomic E-state index is 0. The van der Waals surface area contributed by atoms with Crippen molar-refractivity contribution in [2.24, 2.45) is 0 Å². The van der Waals surface area contributed by atoms with E-state index >= 15 is 0 Å². The number of pyridine rings is 1. The number of fused-ring (bicyclic) bond motifs is 2. The maximum absolute atomic E-state index is 14.1. The van der Waals surface area contributed by atoms with Gasteiger partial charge in [0.25, 0.3) is 0 Å². The summed E-state index contributed by atoms with van der Waals surface area (Å²) in [5.74, 6) is 0.618. The fourth-order valence-corrected chi connectivity index (χ4v) is 4.01. The zero-order chi connectivity index (χ0) is 21.7. The van der Waals surface area contributed by atoms with Gasteiger partial charge in [-0.1, -0.05) is 32.9 Å². The van der Waals surface area contributed by atoms with E-state index < -0.39 is 11.8 Å². The van der Waals surface area contributed by atoms with Gasteiger partial charge in [-0.05, 0) is 36.6 Å². The summed E-state index contributed by atoms with van der Waals surface area (Å²) in [4.78, 5) is 18.7. The molecule has 2 aliphatic rings. The second-order valence-corrected chi connectivity index (χ2v) is 7.27. The number of amides is 1. The van der Waals surface area contributed by atoms with E-state index in [9.17, 15) is 13.6 Å². The number of aromatic nitrogens is 1. The molecule has 1 aromatic heterocycles. The third-order valence-electron chi connectivity index (χ3n) is 5.74. The molecule has 3 heterocycles. The first-order valence-corrected chi connectivity index (χ1v) is 10.6. The van der Waals surface area contributed by atoms with E-state index in [2.05, 4.69) is 10.3 Å². The van der Waals surface area contributed by atoms with E-state index in [0.29, 0.717) is 48.9 Å². The lowest BCUT2D eigenvalue weighted by Crippen LogP contribution is -2.40. The van der Waals surface area contributed by atoms with Crippen LogP contribution in [0.5, 0.6) is 0 Å². The normalized spacial score (nSPS) is 17.1.